The molecular formula is C9H22BLiO6. The van der Waals surface area contributed by atoms with Crippen molar-refractivity contribution in [1.29, 1.82) is 0 Å². The maximum Gasteiger partial charge on any atom is 1.00 e. The SMILES string of the molecule is CC(O)CO[BH-](OCC(C)O)OCC(C)O.[Li+]. The zero-order valence-corrected chi connectivity index (χ0v) is 11.1. The molecule has 17 heavy (non-hydrogen) atoms. The average Bonchev–Trinajstić information content (AvgIpc) is 2.15. The Morgan fingerprint density at radius 1 is 0.765 bits per heavy atom. The van der Waals surface area contributed by atoms with Crippen molar-refractivity contribution in [3.05, 3.63) is 0 Å². The standard InChI is InChI=1S/C9H22BO6.Li/c1-7(11)4-14-10(15-5-8(2)12)16-6-9(3)13;/h7-13H,4-6H2,1-3H3;/q-1;+1. The molecule has 0 aromatic heterocycles. The van der Waals surface area contributed by atoms with Crippen LogP contribution in [0.4, 0.5) is 0 Å². The van der Waals surface area contributed by atoms with Crippen LogP contribution in [0.3, 0.4) is 0 Å². The summed E-state index contributed by atoms with van der Waals surface area (Å²) in [5.41, 5.74) is 0. The summed E-state index contributed by atoms with van der Waals surface area (Å²) in [6.45, 7) is 5.04. The van der Waals surface area contributed by atoms with Crippen molar-refractivity contribution in [3.63, 3.8) is 0 Å². The molecule has 0 rings (SSSR count). The van der Waals surface area contributed by atoms with Gasteiger partial charge in [0.05, 0.1) is 18.3 Å². The first-order valence-corrected chi connectivity index (χ1v) is 5.46. The van der Waals surface area contributed by atoms with E-state index < -0.39 is 25.6 Å². The fraction of sp³-hybridized carbons (Fsp3) is 1.00. The van der Waals surface area contributed by atoms with Gasteiger partial charge in [-0.05, 0) is 20.8 Å². The number of aliphatic hydroxyl groups is 3. The van der Waals surface area contributed by atoms with E-state index in [1.807, 2.05) is 0 Å². The molecule has 0 fully saturated rings. The van der Waals surface area contributed by atoms with Crippen LogP contribution in [0.25, 0.3) is 0 Å². The van der Waals surface area contributed by atoms with Gasteiger partial charge in [0, 0.05) is 19.8 Å². The summed E-state index contributed by atoms with van der Waals surface area (Å²) < 4.78 is 15.5. The molecule has 0 aromatic rings. The van der Waals surface area contributed by atoms with Gasteiger partial charge in [0.2, 0.25) is 0 Å². The minimum absolute atomic E-state index is 0. The molecule has 6 nitrogen and oxygen atoms in total. The van der Waals surface area contributed by atoms with E-state index in [2.05, 4.69) is 0 Å². The molecule has 3 unspecified atom stereocenters. The van der Waals surface area contributed by atoms with Crippen molar-refractivity contribution in [2.75, 3.05) is 19.8 Å². The van der Waals surface area contributed by atoms with Gasteiger partial charge < -0.3 is 29.3 Å². The first-order valence-electron chi connectivity index (χ1n) is 5.46. The van der Waals surface area contributed by atoms with Crippen LogP contribution >= 0.6 is 0 Å². The summed E-state index contributed by atoms with van der Waals surface area (Å²) in [5.74, 6) is 0. The van der Waals surface area contributed by atoms with Gasteiger partial charge in [-0.25, -0.2) is 0 Å². The van der Waals surface area contributed by atoms with Crippen LogP contribution in [0, 0.1) is 0 Å². The van der Waals surface area contributed by atoms with Crippen LogP contribution < -0.4 is 18.9 Å². The molecule has 0 heterocycles. The largest absolute Gasteiger partial charge is 1.00 e. The third-order valence-corrected chi connectivity index (χ3v) is 1.58. The summed E-state index contributed by atoms with van der Waals surface area (Å²) >= 11 is 0. The predicted molar refractivity (Wildman–Crippen MR) is 60.0 cm³/mol. The molecule has 3 atom stereocenters. The Morgan fingerprint density at radius 2 is 1.00 bits per heavy atom. The van der Waals surface area contributed by atoms with Crippen molar-refractivity contribution in [2.45, 2.75) is 39.1 Å². The van der Waals surface area contributed by atoms with Gasteiger partial charge >= 0.3 is 26.2 Å². The fourth-order valence-electron chi connectivity index (χ4n) is 0.977. The maximum absolute atomic E-state index is 9.03. The third kappa shape index (κ3) is 14.4. The Bertz CT molecular complexity index is 141. The van der Waals surface area contributed by atoms with Gasteiger partial charge in [-0.3, -0.25) is 0 Å². The first kappa shape index (κ1) is 19.8. The molecule has 0 spiro atoms. The van der Waals surface area contributed by atoms with E-state index in [1.165, 1.54) is 0 Å². The van der Waals surface area contributed by atoms with E-state index >= 15 is 0 Å². The molecular weight excluding hydrogens is 222 g/mol. The fourth-order valence-corrected chi connectivity index (χ4v) is 0.977. The van der Waals surface area contributed by atoms with E-state index in [-0.39, 0.29) is 38.7 Å². The summed E-state index contributed by atoms with van der Waals surface area (Å²) in [6.07, 6.45) is -1.83. The molecule has 0 amide bonds. The predicted octanol–water partition coefficient (Wildman–Crippen LogP) is -4.10. The molecule has 0 saturated carbocycles. The van der Waals surface area contributed by atoms with Crippen molar-refractivity contribution in [1.82, 2.24) is 0 Å². The van der Waals surface area contributed by atoms with E-state index in [9.17, 15) is 0 Å². The van der Waals surface area contributed by atoms with Crippen LogP contribution in [0.2, 0.25) is 0 Å². The third-order valence-electron chi connectivity index (χ3n) is 1.58. The van der Waals surface area contributed by atoms with Gasteiger partial charge in [-0.15, -0.1) is 0 Å². The number of hydrogen-bond acceptors (Lipinski definition) is 6. The smallest absolute Gasteiger partial charge is 0.545 e. The summed E-state index contributed by atoms with van der Waals surface area (Å²) in [6, 6.07) is 0. The zero-order valence-electron chi connectivity index (χ0n) is 11.1. The van der Waals surface area contributed by atoms with Crippen molar-refractivity contribution >= 4 is 7.32 Å². The second-order valence-corrected chi connectivity index (χ2v) is 4.01. The molecule has 0 saturated heterocycles. The number of rotatable bonds is 9. The minimum atomic E-state index is -1.82. The van der Waals surface area contributed by atoms with Crippen LogP contribution in [0.1, 0.15) is 20.8 Å². The second-order valence-electron chi connectivity index (χ2n) is 4.01. The molecule has 3 N–H and O–H groups in total. The molecule has 0 radical (unpaired) electrons. The average molecular weight is 244 g/mol. The van der Waals surface area contributed by atoms with Gasteiger partial charge in [-0.2, -0.15) is 0 Å². The molecule has 98 valence electrons. The Hall–Kier alpha value is 0.422. The zero-order chi connectivity index (χ0) is 12.6. The molecule has 0 bridgehead atoms. The Morgan fingerprint density at radius 3 is 1.18 bits per heavy atom. The van der Waals surface area contributed by atoms with Crippen LogP contribution in [-0.2, 0) is 14.0 Å². The Balaban J connectivity index is 0. The molecule has 0 aliphatic rings. The molecule has 0 aliphatic heterocycles. The number of hydrogen-bond donors (Lipinski definition) is 3. The van der Waals surface area contributed by atoms with Gasteiger partial charge in [0.15, 0.2) is 0 Å². The second kappa shape index (κ2) is 11.5. The monoisotopic (exact) mass is 244 g/mol. The van der Waals surface area contributed by atoms with Crippen molar-refractivity contribution < 1.29 is 48.1 Å². The van der Waals surface area contributed by atoms with Gasteiger partial charge in [0.25, 0.3) is 0 Å². The maximum atomic E-state index is 9.03. The topological polar surface area (TPSA) is 88.4 Å². The number of aliphatic hydroxyl groups excluding tert-OH is 3. The van der Waals surface area contributed by atoms with E-state index in [4.69, 9.17) is 29.3 Å². The minimum Gasteiger partial charge on any atom is -0.545 e. The van der Waals surface area contributed by atoms with E-state index in [1.54, 1.807) is 20.8 Å². The van der Waals surface area contributed by atoms with Crippen molar-refractivity contribution in [2.24, 2.45) is 0 Å². The molecule has 0 aliphatic carbocycles. The van der Waals surface area contributed by atoms with Crippen molar-refractivity contribution in [3.8, 4) is 0 Å². The molecule has 8 heteroatoms. The van der Waals surface area contributed by atoms with E-state index in [0.29, 0.717) is 0 Å². The van der Waals surface area contributed by atoms with Crippen LogP contribution in [0.15, 0.2) is 0 Å². The Kier molecular flexibility index (Phi) is 13.4. The summed E-state index contributed by atoms with van der Waals surface area (Å²) in [7, 11) is -1.82. The summed E-state index contributed by atoms with van der Waals surface area (Å²) in [4.78, 5) is 0. The van der Waals surface area contributed by atoms with E-state index in [0.717, 1.165) is 0 Å². The normalized spacial score (nSPS) is 18.0. The molecule has 0 aromatic carbocycles. The quantitative estimate of drug-likeness (QED) is 0.357. The van der Waals surface area contributed by atoms with Gasteiger partial charge in [0.1, 0.15) is 0 Å². The summed E-state index contributed by atoms with van der Waals surface area (Å²) in [5, 5.41) is 27.1. The Labute approximate surface area is 115 Å². The first-order chi connectivity index (χ1) is 7.41. The van der Waals surface area contributed by atoms with Gasteiger partial charge in [-0.1, -0.05) is 0 Å². The van der Waals surface area contributed by atoms with Crippen LogP contribution in [0.5, 0.6) is 0 Å². The van der Waals surface area contributed by atoms with Crippen LogP contribution in [-0.4, -0.2) is 60.8 Å².